The molecule has 11 heteroatoms. The Balaban J connectivity index is 1.69. The molecule has 0 amide bonds. The molecule has 0 spiro atoms. The second-order valence-corrected chi connectivity index (χ2v) is 8.77. The maximum Gasteiger partial charge on any atom is 0.303 e. The molecule has 3 heterocycles. The lowest BCUT2D eigenvalue weighted by Gasteiger charge is -2.20. The Hall–Kier alpha value is -3.28. The fraction of sp³-hybridized carbons (Fsp3) is 0.190. The number of carboxylic acids is 1. The number of nitro benzene ring substituents is 1. The van der Waals surface area contributed by atoms with Gasteiger partial charge in [-0.3, -0.25) is 19.3 Å². The molecule has 0 saturated carbocycles. The highest BCUT2D eigenvalue weighted by Crippen LogP contribution is 2.37. The highest BCUT2D eigenvalue weighted by molar-refractivity contribution is 8.25. The molecule has 1 atom stereocenters. The van der Waals surface area contributed by atoms with Gasteiger partial charge in [0.25, 0.3) is 5.69 Å². The lowest BCUT2D eigenvalue weighted by molar-refractivity contribution is -0.384. The van der Waals surface area contributed by atoms with E-state index in [2.05, 4.69) is 0 Å². The van der Waals surface area contributed by atoms with Crippen molar-refractivity contribution in [2.45, 2.75) is 19.1 Å². The fourth-order valence-electron chi connectivity index (χ4n) is 3.45. The van der Waals surface area contributed by atoms with Gasteiger partial charge in [-0.1, -0.05) is 42.2 Å². The summed E-state index contributed by atoms with van der Waals surface area (Å²) >= 11 is 6.60. The molecule has 32 heavy (non-hydrogen) atoms. The van der Waals surface area contributed by atoms with Gasteiger partial charge in [0.15, 0.2) is 6.23 Å². The Bertz CT molecular complexity index is 1260. The monoisotopic (exact) mass is 470 g/mol. The number of aliphatic hydroxyl groups excluding tert-OH is 1. The summed E-state index contributed by atoms with van der Waals surface area (Å²) in [6.07, 6.45) is 2.94. The zero-order valence-electron chi connectivity index (χ0n) is 16.6. The number of aliphatic carboxylic acids is 1. The van der Waals surface area contributed by atoms with Gasteiger partial charge in [-0.2, -0.15) is 0 Å². The van der Waals surface area contributed by atoms with Crippen LogP contribution in [-0.4, -0.2) is 52.5 Å². The molecule has 1 aliphatic rings. The molecule has 1 aromatic carbocycles. The van der Waals surface area contributed by atoms with Crippen molar-refractivity contribution in [1.82, 2.24) is 14.3 Å². The molecule has 0 aliphatic carbocycles. The van der Waals surface area contributed by atoms with E-state index in [-0.39, 0.29) is 12.1 Å². The minimum Gasteiger partial charge on any atom is -0.481 e. The molecule has 1 saturated heterocycles. The van der Waals surface area contributed by atoms with Gasteiger partial charge in [0.05, 0.1) is 16.1 Å². The average Bonchev–Trinajstić information content (AvgIpc) is 3.26. The van der Waals surface area contributed by atoms with Crippen molar-refractivity contribution in [3.63, 3.8) is 0 Å². The average molecular weight is 471 g/mol. The van der Waals surface area contributed by atoms with E-state index < -0.39 is 17.1 Å². The summed E-state index contributed by atoms with van der Waals surface area (Å²) in [5.74, 6) is -0.360. The maximum absolute atomic E-state index is 11.2. The van der Waals surface area contributed by atoms with Crippen LogP contribution in [0.4, 0.5) is 5.69 Å². The number of rotatable bonds is 7. The van der Waals surface area contributed by atoms with Crippen molar-refractivity contribution >= 4 is 51.5 Å². The van der Waals surface area contributed by atoms with Gasteiger partial charge in [0.1, 0.15) is 10.1 Å². The molecule has 3 aromatic rings. The number of imidazole rings is 1. The number of carboxylic acid groups (broad SMARTS) is 1. The third-order valence-corrected chi connectivity index (χ3v) is 6.41. The van der Waals surface area contributed by atoms with Crippen molar-refractivity contribution in [3.8, 4) is 11.4 Å². The van der Waals surface area contributed by atoms with E-state index in [1.807, 2.05) is 28.8 Å². The van der Waals surface area contributed by atoms with Gasteiger partial charge in [0, 0.05) is 41.8 Å². The SMILES string of the molecule is O=C(O)CCCN1C(=S)S/C(=C/c2nc(-c3cccc([N+](=O)[O-])c3)n3ccccc23)C1O. The first kappa shape index (κ1) is 21.9. The number of nitro groups is 1. The fourth-order valence-corrected chi connectivity index (χ4v) is 4.84. The van der Waals surface area contributed by atoms with Crippen LogP contribution in [0.2, 0.25) is 0 Å². The van der Waals surface area contributed by atoms with E-state index in [1.165, 1.54) is 23.9 Å². The number of non-ortho nitro benzene ring substituents is 1. The van der Waals surface area contributed by atoms with E-state index >= 15 is 0 Å². The number of thiocarbonyl (C=S) groups is 1. The Morgan fingerprint density at radius 2 is 2.12 bits per heavy atom. The Kier molecular flexibility index (Phi) is 6.21. The minimum atomic E-state index is -0.983. The third-order valence-electron chi connectivity index (χ3n) is 4.95. The molecule has 2 N–H and O–H groups in total. The van der Waals surface area contributed by atoms with Gasteiger partial charge in [-0.25, -0.2) is 4.98 Å². The standard InChI is InChI=1S/C21H18N4O5S2/c26-18(27)8-4-10-24-20(28)17(32-21(24)31)12-15-16-7-1-2-9-23(16)19(22-15)13-5-3-6-14(11-13)25(29)30/h1-3,5-7,9,11-12,20,28H,4,8,10H2,(H,26,27)/b17-12+. The number of thioether (sulfide) groups is 1. The maximum atomic E-state index is 11.2. The highest BCUT2D eigenvalue weighted by atomic mass is 32.2. The van der Waals surface area contributed by atoms with Crippen LogP contribution in [0.5, 0.6) is 0 Å². The Morgan fingerprint density at radius 1 is 1.31 bits per heavy atom. The van der Waals surface area contributed by atoms with E-state index in [9.17, 15) is 20.0 Å². The summed E-state index contributed by atoms with van der Waals surface area (Å²) in [6.45, 7) is 0.333. The van der Waals surface area contributed by atoms with Gasteiger partial charge in [-0.05, 0) is 24.6 Å². The summed E-state index contributed by atoms with van der Waals surface area (Å²) in [5.41, 5.74) is 1.92. The van der Waals surface area contributed by atoms with Crippen LogP contribution in [0.15, 0.2) is 53.6 Å². The number of hydrogen-bond acceptors (Lipinski definition) is 7. The number of fused-ring (bicyclic) bond motifs is 1. The Morgan fingerprint density at radius 3 is 2.88 bits per heavy atom. The zero-order chi connectivity index (χ0) is 22.8. The molecule has 9 nitrogen and oxygen atoms in total. The number of carbonyl (C=O) groups is 1. The molecule has 0 bridgehead atoms. The first-order chi connectivity index (χ1) is 15.3. The first-order valence-electron chi connectivity index (χ1n) is 9.67. The largest absolute Gasteiger partial charge is 0.481 e. The molecule has 1 aliphatic heterocycles. The van der Waals surface area contributed by atoms with Crippen molar-refractivity contribution in [1.29, 1.82) is 0 Å². The van der Waals surface area contributed by atoms with Crippen LogP contribution < -0.4 is 0 Å². The van der Waals surface area contributed by atoms with E-state index in [4.69, 9.17) is 22.3 Å². The van der Waals surface area contributed by atoms with Crippen LogP contribution in [0.1, 0.15) is 18.5 Å². The molecule has 4 rings (SSSR count). The number of pyridine rings is 1. The number of nitrogens with zero attached hydrogens (tertiary/aromatic N) is 4. The molecular formula is C21H18N4O5S2. The van der Waals surface area contributed by atoms with Crippen molar-refractivity contribution in [2.24, 2.45) is 0 Å². The van der Waals surface area contributed by atoms with E-state index in [1.54, 1.807) is 23.1 Å². The smallest absolute Gasteiger partial charge is 0.303 e. The van der Waals surface area contributed by atoms with Crippen LogP contribution >= 0.6 is 24.0 Å². The van der Waals surface area contributed by atoms with E-state index in [0.717, 1.165) is 5.52 Å². The topological polar surface area (TPSA) is 121 Å². The lowest BCUT2D eigenvalue weighted by atomic mass is 10.2. The highest BCUT2D eigenvalue weighted by Gasteiger charge is 2.32. The minimum absolute atomic E-state index is 0.00615. The van der Waals surface area contributed by atoms with Crippen LogP contribution in [-0.2, 0) is 4.79 Å². The number of aliphatic hydroxyl groups is 1. The summed E-state index contributed by atoms with van der Waals surface area (Å²) < 4.78 is 2.30. The Labute approximate surface area is 192 Å². The van der Waals surface area contributed by atoms with Gasteiger partial charge < -0.3 is 15.1 Å². The zero-order valence-corrected chi connectivity index (χ0v) is 18.3. The quantitative estimate of drug-likeness (QED) is 0.302. The predicted octanol–water partition coefficient (Wildman–Crippen LogP) is 3.77. The van der Waals surface area contributed by atoms with Crippen LogP contribution in [0.25, 0.3) is 23.0 Å². The summed E-state index contributed by atoms with van der Waals surface area (Å²) in [6, 6.07) is 11.8. The van der Waals surface area contributed by atoms with Crippen molar-refractivity contribution in [2.75, 3.05) is 6.54 Å². The van der Waals surface area contributed by atoms with Gasteiger partial charge in [0.2, 0.25) is 0 Å². The van der Waals surface area contributed by atoms with Crippen molar-refractivity contribution in [3.05, 3.63) is 69.4 Å². The number of aromatic nitrogens is 2. The van der Waals surface area contributed by atoms with E-state index in [0.29, 0.717) is 39.3 Å². The second kappa shape index (κ2) is 9.07. The number of hydrogen-bond donors (Lipinski definition) is 2. The van der Waals surface area contributed by atoms with Crippen LogP contribution in [0, 0.1) is 10.1 Å². The number of benzene rings is 1. The normalized spacial score (nSPS) is 17.4. The van der Waals surface area contributed by atoms with Crippen LogP contribution in [0.3, 0.4) is 0 Å². The molecular weight excluding hydrogens is 452 g/mol. The van der Waals surface area contributed by atoms with Gasteiger partial charge in [-0.15, -0.1) is 0 Å². The van der Waals surface area contributed by atoms with Crippen molar-refractivity contribution < 1.29 is 19.9 Å². The molecule has 2 aromatic heterocycles. The lowest BCUT2D eigenvalue weighted by Crippen LogP contribution is -2.33. The third kappa shape index (κ3) is 4.35. The second-order valence-electron chi connectivity index (χ2n) is 7.06. The summed E-state index contributed by atoms with van der Waals surface area (Å²) in [4.78, 5) is 28.4. The molecule has 0 radical (unpaired) electrons. The molecule has 164 valence electrons. The summed E-state index contributed by atoms with van der Waals surface area (Å²) in [5, 5.41) is 30.7. The van der Waals surface area contributed by atoms with Gasteiger partial charge >= 0.3 is 5.97 Å². The first-order valence-corrected chi connectivity index (χ1v) is 10.9. The predicted molar refractivity (Wildman–Crippen MR) is 125 cm³/mol. The molecule has 1 fully saturated rings. The summed E-state index contributed by atoms with van der Waals surface area (Å²) in [7, 11) is 0. The molecule has 1 unspecified atom stereocenters.